The van der Waals surface area contributed by atoms with Gasteiger partial charge in [-0.2, -0.15) is 5.10 Å². The third kappa shape index (κ3) is 4.61. The zero-order valence-corrected chi connectivity index (χ0v) is 14.6. The van der Waals surface area contributed by atoms with E-state index in [2.05, 4.69) is 21.5 Å². The second kappa shape index (κ2) is 8.18. The van der Waals surface area contributed by atoms with E-state index in [1.807, 2.05) is 24.3 Å². The Bertz CT molecular complexity index is 719. The maximum Gasteiger partial charge on any atom is 0.332 e. The summed E-state index contributed by atoms with van der Waals surface area (Å²) in [7, 11) is 0. The maximum absolute atomic E-state index is 10.8. The molecular weight excluding hydrogens is 340 g/mol. The summed E-state index contributed by atoms with van der Waals surface area (Å²) in [6.07, 6.45) is 5.67. The Labute approximate surface area is 152 Å². The number of nitrogens with zero attached hydrogens (tertiary/aromatic N) is 2. The molecule has 1 aliphatic carbocycles. The molecule has 0 aromatic heterocycles. The summed E-state index contributed by atoms with van der Waals surface area (Å²) in [5, 5.41) is 4.67. The van der Waals surface area contributed by atoms with Gasteiger partial charge in [-0.1, -0.05) is 23.7 Å². The van der Waals surface area contributed by atoms with E-state index in [4.69, 9.17) is 22.1 Å². The van der Waals surface area contributed by atoms with Crippen molar-refractivity contribution in [1.82, 2.24) is 10.3 Å². The van der Waals surface area contributed by atoms with Crippen LogP contribution in [0.4, 0.5) is 4.79 Å². The van der Waals surface area contributed by atoms with Gasteiger partial charge < -0.3 is 15.4 Å². The van der Waals surface area contributed by atoms with Gasteiger partial charge >= 0.3 is 6.03 Å². The van der Waals surface area contributed by atoms with Crippen molar-refractivity contribution < 1.29 is 9.53 Å². The average molecular weight is 361 g/mol. The Morgan fingerprint density at radius 2 is 1.96 bits per heavy atom. The molecule has 132 valence electrons. The lowest BCUT2D eigenvalue weighted by Gasteiger charge is -2.31. The van der Waals surface area contributed by atoms with E-state index in [0.29, 0.717) is 13.2 Å². The average Bonchev–Trinajstić information content (AvgIpc) is 3.00. The van der Waals surface area contributed by atoms with Gasteiger partial charge in [-0.05, 0) is 47.8 Å². The fraction of sp³-hybridized carbons (Fsp3) is 0.333. The van der Waals surface area contributed by atoms with Crippen LogP contribution in [0, 0.1) is 0 Å². The Hall–Kier alpha value is -2.31. The predicted molar refractivity (Wildman–Crippen MR) is 99.3 cm³/mol. The Morgan fingerprint density at radius 3 is 2.64 bits per heavy atom. The third-order valence-corrected chi connectivity index (χ3v) is 4.46. The summed E-state index contributed by atoms with van der Waals surface area (Å²) >= 11 is 5.97. The van der Waals surface area contributed by atoms with E-state index < -0.39 is 6.03 Å². The third-order valence-electron chi connectivity index (χ3n) is 4.21. The van der Waals surface area contributed by atoms with E-state index in [1.54, 1.807) is 6.21 Å². The lowest BCUT2D eigenvalue weighted by molar-refractivity contribution is 0.0548. The highest BCUT2D eigenvalue weighted by atomic mass is 35.5. The van der Waals surface area contributed by atoms with Gasteiger partial charge in [0.05, 0.1) is 19.4 Å². The van der Waals surface area contributed by atoms with E-state index in [0.717, 1.165) is 42.1 Å². The number of halogens is 1. The topological polar surface area (TPSA) is 80.0 Å². The number of benzene rings is 1. The number of morpholine rings is 1. The molecule has 3 rings (SSSR count). The van der Waals surface area contributed by atoms with Gasteiger partial charge in [0, 0.05) is 23.8 Å². The highest BCUT2D eigenvalue weighted by Gasteiger charge is 2.25. The molecule has 0 radical (unpaired) electrons. The van der Waals surface area contributed by atoms with Crippen molar-refractivity contribution in [3.05, 3.63) is 51.7 Å². The minimum Gasteiger partial charge on any atom is -0.378 e. The Balaban J connectivity index is 1.90. The number of hydrazone groups is 1. The summed E-state index contributed by atoms with van der Waals surface area (Å²) < 4.78 is 5.47. The number of hydrogen-bond acceptors (Lipinski definition) is 4. The number of hydrogen-bond donors (Lipinski definition) is 2. The van der Waals surface area contributed by atoms with Crippen LogP contribution in [0.5, 0.6) is 0 Å². The quantitative estimate of drug-likeness (QED) is 0.640. The van der Waals surface area contributed by atoms with Crippen LogP contribution in [0.1, 0.15) is 18.4 Å². The normalized spacial score (nSPS) is 19.9. The predicted octanol–water partition coefficient (Wildman–Crippen LogP) is 2.76. The highest BCUT2D eigenvalue weighted by molar-refractivity contribution is 6.30. The van der Waals surface area contributed by atoms with Gasteiger partial charge in [0.2, 0.25) is 0 Å². The number of primary amides is 1. The summed E-state index contributed by atoms with van der Waals surface area (Å²) in [5.41, 5.74) is 12.0. The van der Waals surface area contributed by atoms with Crippen LogP contribution in [0.15, 0.2) is 46.2 Å². The Morgan fingerprint density at radius 1 is 1.24 bits per heavy atom. The minimum absolute atomic E-state index is 0.667. The zero-order chi connectivity index (χ0) is 17.6. The van der Waals surface area contributed by atoms with Crippen LogP contribution in [0.2, 0.25) is 5.02 Å². The first-order valence-electron chi connectivity index (χ1n) is 8.24. The number of nitrogens with one attached hydrogen (secondary N) is 1. The SMILES string of the molecule is NC(=O)N/N=C/C1=C(N2CCOCC2)C(=C/c2ccc(Cl)cc2)/CC1. The number of urea groups is 1. The number of amides is 2. The molecule has 1 fully saturated rings. The molecule has 25 heavy (non-hydrogen) atoms. The van der Waals surface area contributed by atoms with E-state index in [1.165, 1.54) is 11.3 Å². The highest BCUT2D eigenvalue weighted by Crippen LogP contribution is 2.35. The summed E-state index contributed by atoms with van der Waals surface area (Å²) in [6, 6.07) is 7.13. The Kier molecular flexibility index (Phi) is 5.73. The maximum atomic E-state index is 10.8. The van der Waals surface area contributed by atoms with Gasteiger partial charge in [0.1, 0.15) is 0 Å². The molecule has 1 aromatic carbocycles. The fourth-order valence-electron chi connectivity index (χ4n) is 3.11. The number of carbonyl (C=O) groups is 1. The van der Waals surface area contributed by atoms with Crippen LogP contribution in [0.25, 0.3) is 6.08 Å². The molecule has 6 nitrogen and oxygen atoms in total. The molecule has 1 aromatic rings. The van der Waals surface area contributed by atoms with Crippen molar-refractivity contribution in [3.8, 4) is 0 Å². The molecule has 0 unspecified atom stereocenters. The molecule has 1 heterocycles. The van der Waals surface area contributed by atoms with Crippen molar-refractivity contribution >= 4 is 29.9 Å². The number of rotatable bonds is 4. The molecule has 2 amide bonds. The summed E-state index contributed by atoms with van der Waals surface area (Å²) in [4.78, 5) is 13.1. The second-order valence-corrected chi connectivity index (χ2v) is 6.37. The van der Waals surface area contributed by atoms with Crippen LogP contribution in [0.3, 0.4) is 0 Å². The number of nitrogens with two attached hydrogens (primary N) is 1. The molecular formula is C18H21ClN4O2. The van der Waals surface area contributed by atoms with Gasteiger partial charge in [0.15, 0.2) is 0 Å². The molecule has 3 N–H and O–H groups in total. The molecule has 0 bridgehead atoms. The first-order chi connectivity index (χ1) is 12.1. The standard InChI is InChI=1S/C18H21ClN4O2/c19-16-5-1-13(2-6-16)11-14-3-4-15(12-21-22-18(20)24)17(14)23-7-9-25-10-8-23/h1-2,5-6,11-12H,3-4,7-10H2,(H3,20,22,24)/b14-11+,21-12+. The molecule has 1 aliphatic heterocycles. The molecule has 0 spiro atoms. The second-order valence-electron chi connectivity index (χ2n) is 5.93. The minimum atomic E-state index is -0.667. The summed E-state index contributed by atoms with van der Waals surface area (Å²) in [5.74, 6) is 0. The van der Waals surface area contributed by atoms with Gasteiger partial charge in [-0.15, -0.1) is 0 Å². The van der Waals surface area contributed by atoms with Crippen molar-refractivity contribution in [3.63, 3.8) is 0 Å². The zero-order valence-electron chi connectivity index (χ0n) is 13.9. The van der Waals surface area contributed by atoms with Crippen LogP contribution in [-0.2, 0) is 4.74 Å². The molecule has 0 atom stereocenters. The first-order valence-corrected chi connectivity index (χ1v) is 8.62. The molecule has 2 aliphatic rings. The van der Waals surface area contributed by atoms with Crippen LogP contribution >= 0.6 is 11.6 Å². The van der Waals surface area contributed by atoms with Crippen molar-refractivity contribution in [2.24, 2.45) is 10.8 Å². The van der Waals surface area contributed by atoms with Crippen molar-refractivity contribution in [2.45, 2.75) is 12.8 Å². The molecule has 0 saturated carbocycles. The largest absolute Gasteiger partial charge is 0.378 e. The number of allylic oxidation sites excluding steroid dienone is 2. The monoisotopic (exact) mass is 360 g/mol. The van der Waals surface area contributed by atoms with Gasteiger partial charge in [-0.25, -0.2) is 10.2 Å². The van der Waals surface area contributed by atoms with E-state index >= 15 is 0 Å². The van der Waals surface area contributed by atoms with Crippen molar-refractivity contribution in [2.75, 3.05) is 26.3 Å². The van der Waals surface area contributed by atoms with Gasteiger partial charge in [-0.3, -0.25) is 0 Å². The van der Waals surface area contributed by atoms with E-state index in [9.17, 15) is 4.79 Å². The van der Waals surface area contributed by atoms with E-state index in [-0.39, 0.29) is 0 Å². The van der Waals surface area contributed by atoms with Crippen molar-refractivity contribution in [1.29, 1.82) is 0 Å². The fourth-order valence-corrected chi connectivity index (χ4v) is 3.23. The molecule has 7 heteroatoms. The van der Waals surface area contributed by atoms with Gasteiger partial charge in [0.25, 0.3) is 0 Å². The lowest BCUT2D eigenvalue weighted by atomic mass is 10.1. The first kappa shape index (κ1) is 17.5. The number of carbonyl (C=O) groups excluding carboxylic acids is 1. The number of ether oxygens (including phenoxy) is 1. The molecule has 1 saturated heterocycles. The van der Waals surface area contributed by atoms with Crippen LogP contribution in [-0.4, -0.2) is 43.4 Å². The lowest BCUT2D eigenvalue weighted by Crippen LogP contribution is -2.36. The summed E-state index contributed by atoms with van der Waals surface area (Å²) in [6.45, 7) is 3.10. The smallest absolute Gasteiger partial charge is 0.332 e. The van der Waals surface area contributed by atoms with Crippen LogP contribution < -0.4 is 11.2 Å².